The molecule has 9 heteroatoms. The van der Waals surface area contributed by atoms with Crippen molar-refractivity contribution >= 4 is 22.5 Å². The average Bonchev–Trinajstić information content (AvgIpc) is 3.18. The fourth-order valence-electron chi connectivity index (χ4n) is 4.29. The van der Waals surface area contributed by atoms with E-state index >= 15 is 0 Å². The molecule has 3 aromatic rings. The summed E-state index contributed by atoms with van der Waals surface area (Å²) in [5.41, 5.74) is 0.658. The highest BCUT2D eigenvalue weighted by Gasteiger charge is 2.34. The summed E-state index contributed by atoms with van der Waals surface area (Å²) in [5, 5.41) is 16.7. The van der Waals surface area contributed by atoms with Crippen molar-refractivity contribution in [2.45, 2.75) is 44.6 Å². The molecule has 0 unspecified atom stereocenters. The van der Waals surface area contributed by atoms with Crippen molar-refractivity contribution in [1.82, 2.24) is 14.8 Å². The van der Waals surface area contributed by atoms with Gasteiger partial charge >= 0.3 is 0 Å². The van der Waals surface area contributed by atoms with E-state index in [0.717, 1.165) is 32.6 Å². The highest BCUT2D eigenvalue weighted by Crippen LogP contribution is 2.41. The number of nitrogens with zero attached hydrogens (tertiary/aromatic N) is 3. The number of amides is 1. The molecule has 0 spiro atoms. The van der Waals surface area contributed by atoms with Gasteiger partial charge in [0.25, 0.3) is 11.8 Å². The Morgan fingerprint density at radius 3 is 2.62 bits per heavy atom. The first-order valence-corrected chi connectivity index (χ1v) is 10.6. The number of rotatable bonds is 6. The molecule has 0 aliphatic heterocycles. The predicted octanol–water partition coefficient (Wildman–Crippen LogP) is 4.53. The number of ether oxygens (including phenoxy) is 1. The minimum atomic E-state index is -3.16. The monoisotopic (exact) mass is 444 g/mol. The zero-order valence-electron chi connectivity index (χ0n) is 18.0. The lowest BCUT2D eigenvalue weighted by Crippen LogP contribution is -2.21. The third-order valence-corrected chi connectivity index (χ3v) is 6.01. The number of benzene rings is 1. The van der Waals surface area contributed by atoms with E-state index in [0.29, 0.717) is 11.3 Å². The van der Waals surface area contributed by atoms with Crippen LogP contribution in [0, 0.1) is 5.92 Å². The van der Waals surface area contributed by atoms with Crippen LogP contribution in [0.4, 0.5) is 14.5 Å². The summed E-state index contributed by atoms with van der Waals surface area (Å²) >= 11 is 0. The van der Waals surface area contributed by atoms with Crippen LogP contribution in [-0.4, -0.2) is 39.5 Å². The lowest BCUT2D eigenvalue weighted by molar-refractivity contribution is 0.0131. The summed E-state index contributed by atoms with van der Waals surface area (Å²) in [7, 11) is 1.46. The Kier molecular flexibility index (Phi) is 6.10. The molecule has 2 N–H and O–H groups in total. The smallest absolute Gasteiger partial charge is 0.289 e. The SMILES string of the molecule is COc1cc2c(cc1NC(=O)c1ccccn1)c(C(C)(F)F)nn2C1CCC(CO)CC1. The number of aliphatic hydroxyl groups excluding tert-OH is 1. The third kappa shape index (κ3) is 4.29. The second-order valence-corrected chi connectivity index (χ2v) is 8.28. The number of alkyl halides is 2. The summed E-state index contributed by atoms with van der Waals surface area (Å²) in [6, 6.07) is 8.03. The van der Waals surface area contributed by atoms with Gasteiger partial charge in [-0.25, -0.2) is 0 Å². The van der Waals surface area contributed by atoms with Crippen LogP contribution in [0.1, 0.15) is 54.8 Å². The van der Waals surface area contributed by atoms with Gasteiger partial charge in [0.05, 0.1) is 24.4 Å². The summed E-state index contributed by atoms with van der Waals surface area (Å²) in [6.45, 7) is 0.955. The van der Waals surface area contributed by atoms with Crippen LogP contribution in [0.3, 0.4) is 0 Å². The van der Waals surface area contributed by atoms with Crippen LogP contribution in [0.2, 0.25) is 0 Å². The molecule has 0 radical (unpaired) electrons. The van der Waals surface area contributed by atoms with Gasteiger partial charge in [0.1, 0.15) is 17.1 Å². The molecule has 2 aromatic heterocycles. The summed E-state index contributed by atoms with van der Waals surface area (Å²) < 4.78 is 36.1. The standard InChI is InChI=1S/C23H26F2N4O3/c1-23(24,25)21-16-11-18(27-22(31)17-5-3-4-10-26-17)20(32-2)12-19(16)29(28-21)15-8-6-14(13-30)7-9-15/h3-5,10-12,14-15,30H,6-9,13H2,1-2H3,(H,27,31). The Morgan fingerprint density at radius 2 is 2.03 bits per heavy atom. The van der Waals surface area contributed by atoms with E-state index in [-0.39, 0.29) is 41.0 Å². The maximum absolute atomic E-state index is 14.5. The predicted molar refractivity (Wildman–Crippen MR) is 116 cm³/mol. The molecule has 0 atom stereocenters. The zero-order valence-corrected chi connectivity index (χ0v) is 18.0. The Balaban J connectivity index is 1.77. The topological polar surface area (TPSA) is 89.3 Å². The molecule has 7 nitrogen and oxygen atoms in total. The maximum atomic E-state index is 14.5. The summed E-state index contributed by atoms with van der Waals surface area (Å²) in [4.78, 5) is 16.6. The zero-order chi connectivity index (χ0) is 22.9. The van der Waals surface area contributed by atoms with Gasteiger partial charge in [0, 0.05) is 31.2 Å². The first kappa shape index (κ1) is 22.1. The van der Waals surface area contributed by atoms with Crippen molar-refractivity contribution in [2.24, 2.45) is 5.92 Å². The normalized spacial score (nSPS) is 19.2. The number of aromatic nitrogens is 3. The van der Waals surface area contributed by atoms with Gasteiger partial charge < -0.3 is 15.2 Å². The van der Waals surface area contributed by atoms with E-state index in [4.69, 9.17) is 4.74 Å². The Labute approximate surface area is 184 Å². The number of aliphatic hydroxyl groups is 1. The molecule has 0 saturated heterocycles. The lowest BCUT2D eigenvalue weighted by atomic mass is 9.86. The van der Waals surface area contributed by atoms with Gasteiger partial charge in [-0.3, -0.25) is 14.5 Å². The molecule has 2 heterocycles. The van der Waals surface area contributed by atoms with Crippen LogP contribution in [0.5, 0.6) is 5.75 Å². The Bertz CT molecular complexity index is 1100. The quantitative estimate of drug-likeness (QED) is 0.583. The highest BCUT2D eigenvalue weighted by molar-refractivity contribution is 6.05. The molecule has 1 aromatic carbocycles. The van der Waals surface area contributed by atoms with Crippen LogP contribution in [0.25, 0.3) is 10.9 Å². The number of carbonyl (C=O) groups is 1. The van der Waals surface area contributed by atoms with Crippen LogP contribution < -0.4 is 10.1 Å². The first-order valence-electron chi connectivity index (χ1n) is 10.6. The number of pyridine rings is 1. The number of fused-ring (bicyclic) bond motifs is 1. The average molecular weight is 444 g/mol. The Hall–Kier alpha value is -3.07. The fraction of sp³-hybridized carbons (Fsp3) is 0.435. The molecule has 32 heavy (non-hydrogen) atoms. The molecule has 1 aliphatic carbocycles. The Morgan fingerprint density at radius 1 is 1.28 bits per heavy atom. The van der Waals surface area contributed by atoms with Gasteiger partial charge in [-0.15, -0.1) is 0 Å². The van der Waals surface area contributed by atoms with Crippen LogP contribution >= 0.6 is 0 Å². The van der Waals surface area contributed by atoms with Crippen molar-refractivity contribution in [1.29, 1.82) is 0 Å². The molecule has 1 amide bonds. The van der Waals surface area contributed by atoms with Crippen molar-refractivity contribution < 1.29 is 23.4 Å². The number of nitrogens with one attached hydrogen (secondary N) is 1. The second kappa shape index (κ2) is 8.82. The van der Waals surface area contributed by atoms with E-state index in [2.05, 4.69) is 15.4 Å². The second-order valence-electron chi connectivity index (χ2n) is 8.28. The minimum absolute atomic E-state index is 0.0462. The molecule has 4 rings (SSSR count). The van der Waals surface area contributed by atoms with E-state index in [1.807, 2.05) is 0 Å². The molecule has 0 bridgehead atoms. The number of halogens is 2. The number of anilines is 1. The fourth-order valence-corrected chi connectivity index (χ4v) is 4.29. The van der Waals surface area contributed by atoms with Gasteiger partial charge in [0.15, 0.2) is 0 Å². The maximum Gasteiger partial charge on any atom is 0.289 e. The van der Waals surface area contributed by atoms with Crippen molar-refractivity contribution in [3.63, 3.8) is 0 Å². The van der Waals surface area contributed by atoms with Crippen LogP contribution in [-0.2, 0) is 5.92 Å². The lowest BCUT2D eigenvalue weighted by Gasteiger charge is -2.28. The molecule has 170 valence electrons. The van der Waals surface area contributed by atoms with E-state index in [1.54, 1.807) is 28.9 Å². The largest absolute Gasteiger partial charge is 0.494 e. The van der Waals surface area contributed by atoms with E-state index in [1.165, 1.54) is 19.4 Å². The molecule has 1 fully saturated rings. The van der Waals surface area contributed by atoms with Crippen molar-refractivity contribution in [3.05, 3.63) is 47.9 Å². The minimum Gasteiger partial charge on any atom is -0.494 e. The van der Waals surface area contributed by atoms with Gasteiger partial charge in [-0.05, 0) is 49.8 Å². The number of hydrogen-bond acceptors (Lipinski definition) is 5. The van der Waals surface area contributed by atoms with Crippen molar-refractivity contribution in [3.8, 4) is 5.75 Å². The number of hydrogen-bond donors (Lipinski definition) is 2. The third-order valence-electron chi connectivity index (χ3n) is 6.01. The number of methoxy groups -OCH3 is 1. The molecule has 1 aliphatic rings. The highest BCUT2D eigenvalue weighted by atomic mass is 19.3. The molecule has 1 saturated carbocycles. The van der Waals surface area contributed by atoms with Gasteiger partial charge in [-0.2, -0.15) is 13.9 Å². The van der Waals surface area contributed by atoms with E-state index in [9.17, 15) is 18.7 Å². The summed E-state index contributed by atoms with van der Waals surface area (Å²) in [5.74, 6) is -3.05. The first-order chi connectivity index (χ1) is 15.3. The van der Waals surface area contributed by atoms with Gasteiger partial charge in [0.2, 0.25) is 0 Å². The summed E-state index contributed by atoms with van der Waals surface area (Å²) in [6.07, 6.45) is 4.63. The van der Waals surface area contributed by atoms with E-state index < -0.39 is 11.8 Å². The number of carbonyl (C=O) groups excluding carboxylic acids is 1. The van der Waals surface area contributed by atoms with Gasteiger partial charge in [-0.1, -0.05) is 6.07 Å². The molecular weight excluding hydrogens is 418 g/mol. The van der Waals surface area contributed by atoms with Crippen molar-refractivity contribution in [2.75, 3.05) is 19.0 Å². The molecular formula is C23H26F2N4O3. The van der Waals surface area contributed by atoms with Crippen LogP contribution in [0.15, 0.2) is 36.5 Å².